The summed E-state index contributed by atoms with van der Waals surface area (Å²) in [6.45, 7) is 4.93. The van der Waals surface area contributed by atoms with E-state index in [1.54, 1.807) is 18.2 Å². The Kier molecular flexibility index (Phi) is 4.49. The minimum absolute atomic E-state index is 0.126. The lowest BCUT2D eigenvalue weighted by atomic mass is 9.94. The molecule has 2 aromatic rings. The highest BCUT2D eigenvalue weighted by Gasteiger charge is 2.12. The van der Waals surface area contributed by atoms with Crippen molar-refractivity contribution >= 4 is 0 Å². The minimum atomic E-state index is -0.269. The number of rotatable bonds is 4. The Balaban J connectivity index is 2.54. The number of nitrogens with zero attached hydrogens (tertiary/aromatic N) is 1. The molecular formula is C17H17FN2. The standard InChI is InChI=1S/C17H17FN2/c1-3-20-12(2)16-8-7-15(18)10-17(16)14-6-4-5-13(9-14)11-19/h4-10,12,20H,3H2,1-2H3. The van der Waals surface area contributed by atoms with Crippen LogP contribution in [-0.4, -0.2) is 6.54 Å². The van der Waals surface area contributed by atoms with Crippen molar-refractivity contribution in [3.63, 3.8) is 0 Å². The summed E-state index contributed by atoms with van der Waals surface area (Å²) in [6, 6.07) is 14.3. The molecule has 0 bridgehead atoms. The summed E-state index contributed by atoms with van der Waals surface area (Å²) < 4.78 is 13.6. The molecule has 0 heterocycles. The van der Waals surface area contributed by atoms with Crippen molar-refractivity contribution in [2.45, 2.75) is 19.9 Å². The zero-order chi connectivity index (χ0) is 14.5. The Hall–Kier alpha value is -2.18. The Morgan fingerprint density at radius 2 is 2.05 bits per heavy atom. The number of hydrogen-bond acceptors (Lipinski definition) is 2. The highest BCUT2D eigenvalue weighted by molar-refractivity contribution is 5.69. The van der Waals surface area contributed by atoms with Crippen LogP contribution >= 0.6 is 0 Å². The van der Waals surface area contributed by atoms with Crippen LogP contribution in [0.1, 0.15) is 31.0 Å². The molecule has 1 atom stereocenters. The van der Waals surface area contributed by atoms with E-state index in [9.17, 15) is 4.39 Å². The molecule has 1 N–H and O–H groups in total. The summed E-state index contributed by atoms with van der Waals surface area (Å²) in [4.78, 5) is 0. The first kappa shape index (κ1) is 14.2. The number of hydrogen-bond donors (Lipinski definition) is 1. The summed E-state index contributed by atoms with van der Waals surface area (Å²) in [5.74, 6) is -0.269. The maximum Gasteiger partial charge on any atom is 0.123 e. The molecule has 0 saturated heterocycles. The van der Waals surface area contributed by atoms with Gasteiger partial charge in [-0.3, -0.25) is 0 Å². The molecule has 20 heavy (non-hydrogen) atoms. The van der Waals surface area contributed by atoms with Crippen molar-refractivity contribution in [2.75, 3.05) is 6.54 Å². The van der Waals surface area contributed by atoms with Crippen molar-refractivity contribution in [1.29, 1.82) is 5.26 Å². The van der Waals surface area contributed by atoms with Crippen molar-refractivity contribution in [2.24, 2.45) is 0 Å². The van der Waals surface area contributed by atoms with Gasteiger partial charge in [0.05, 0.1) is 11.6 Å². The third kappa shape index (κ3) is 3.04. The van der Waals surface area contributed by atoms with E-state index >= 15 is 0 Å². The maximum absolute atomic E-state index is 13.6. The van der Waals surface area contributed by atoms with Gasteiger partial charge in [-0.25, -0.2) is 4.39 Å². The zero-order valence-electron chi connectivity index (χ0n) is 11.7. The second-order valence-corrected chi connectivity index (χ2v) is 4.70. The second-order valence-electron chi connectivity index (χ2n) is 4.70. The summed E-state index contributed by atoms with van der Waals surface area (Å²) >= 11 is 0. The van der Waals surface area contributed by atoms with Gasteiger partial charge in [0, 0.05) is 6.04 Å². The summed E-state index contributed by atoms with van der Waals surface area (Å²) in [6.07, 6.45) is 0. The van der Waals surface area contributed by atoms with Gasteiger partial charge in [0.25, 0.3) is 0 Å². The topological polar surface area (TPSA) is 35.8 Å². The molecule has 0 aliphatic carbocycles. The van der Waals surface area contributed by atoms with Crippen LogP contribution in [0.2, 0.25) is 0 Å². The minimum Gasteiger partial charge on any atom is -0.310 e. The molecule has 0 aliphatic heterocycles. The van der Waals surface area contributed by atoms with E-state index in [2.05, 4.69) is 11.4 Å². The molecule has 0 spiro atoms. The highest BCUT2D eigenvalue weighted by Crippen LogP contribution is 2.29. The molecular weight excluding hydrogens is 251 g/mol. The number of nitrogens with one attached hydrogen (secondary N) is 1. The number of nitriles is 1. The fourth-order valence-electron chi connectivity index (χ4n) is 2.33. The zero-order valence-corrected chi connectivity index (χ0v) is 11.7. The van der Waals surface area contributed by atoms with Gasteiger partial charge in [-0.2, -0.15) is 5.26 Å². The van der Waals surface area contributed by atoms with Crippen LogP contribution in [0, 0.1) is 17.1 Å². The van der Waals surface area contributed by atoms with E-state index < -0.39 is 0 Å². The molecule has 0 radical (unpaired) electrons. The third-order valence-electron chi connectivity index (χ3n) is 3.29. The average Bonchev–Trinajstić information content (AvgIpc) is 2.47. The molecule has 0 fully saturated rings. The molecule has 0 saturated carbocycles. The van der Waals surface area contributed by atoms with E-state index in [-0.39, 0.29) is 11.9 Å². The molecule has 2 nitrogen and oxygen atoms in total. The molecule has 0 amide bonds. The summed E-state index contributed by atoms with van der Waals surface area (Å²) in [5, 5.41) is 12.3. The largest absolute Gasteiger partial charge is 0.310 e. The molecule has 3 heteroatoms. The maximum atomic E-state index is 13.6. The van der Waals surface area contributed by atoms with Gasteiger partial charge in [0.2, 0.25) is 0 Å². The van der Waals surface area contributed by atoms with Crippen LogP contribution in [0.3, 0.4) is 0 Å². The van der Waals surface area contributed by atoms with Gasteiger partial charge in [-0.05, 0) is 54.4 Å². The first-order valence-electron chi connectivity index (χ1n) is 6.69. The molecule has 0 aliphatic rings. The second kappa shape index (κ2) is 6.31. The summed E-state index contributed by atoms with van der Waals surface area (Å²) in [7, 11) is 0. The van der Waals surface area contributed by atoms with Crippen LogP contribution in [0.5, 0.6) is 0 Å². The normalized spacial score (nSPS) is 11.9. The number of halogens is 1. The average molecular weight is 268 g/mol. The number of benzene rings is 2. The molecule has 2 aromatic carbocycles. The van der Waals surface area contributed by atoms with Gasteiger partial charge in [0.15, 0.2) is 0 Å². The van der Waals surface area contributed by atoms with Crippen molar-refractivity contribution in [1.82, 2.24) is 5.32 Å². The summed E-state index contributed by atoms with van der Waals surface area (Å²) in [5.41, 5.74) is 3.30. The van der Waals surface area contributed by atoms with E-state index in [0.717, 1.165) is 23.2 Å². The van der Waals surface area contributed by atoms with Gasteiger partial charge in [0.1, 0.15) is 5.82 Å². The SMILES string of the molecule is CCNC(C)c1ccc(F)cc1-c1cccc(C#N)c1. The quantitative estimate of drug-likeness (QED) is 0.908. The third-order valence-corrected chi connectivity index (χ3v) is 3.29. The Labute approximate surface area is 118 Å². The van der Waals surface area contributed by atoms with Gasteiger partial charge >= 0.3 is 0 Å². The lowest BCUT2D eigenvalue weighted by molar-refractivity contribution is 0.593. The smallest absolute Gasteiger partial charge is 0.123 e. The van der Waals surface area contributed by atoms with Crippen LogP contribution in [0.4, 0.5) is 4.39 Å². The molecule has 1 unspecified atom stereocenters. The lowest BCUT2D eigenvalue weighted by Crippen LogP contribution is -2.18. The Bertz CT molecular complexity index is 644. The van der Waals surface area contributed by atoms with Gasteiger partial charge in [-0.1, -0.05) is 25.1 Å². The molecule has 102 valence electrons. The first-order chi connectivity index (χ1) is 9.65. The predicted octanol–water partition coefficient (Wildman–Crippen LogP) is 4.03. The first-order valence-corrected chi connectivity index (χ1v) is 6.69. The van der Waals surface area contributed by atoms with E-state index in [1.807, 2.05) is 26.0 Å². The van der Waals surface area contributed by atoms with E-state index in [1.165, 1.54) is 12.1 Å². The fourth-order valence-corrected chi connectivity index (χ4v) is 2.33. The lowest BCUT2D eigenvalue weighted by Gasteiger charge is -2.17. The van der Waals surface area contributed by atoms with Crippen LogP contribution in [0.15, 0.2) is 42.5 Å². The van der Waals surface area contributed by atoms with Crippen LogP contribution < -0.4 is 5.32 Å². The Morgan fingerprint density at radius 1 is 1.25 bits per heavy atom. The van der Waals surface area contributed by atoms with Crippen LogP contribution in [0.25, 0.3) is 11.1 Å². The molecule has 2 rings (SSSR count). The highest BCUT2D eigenvalue weighted by atomic mass is 19.1. The van der Waals surface area contributed by atoms with E-state index in [0.29, 0.717) is 5.56 Å². The molecule has 0 aromatic heterocycles. The van der Waals surface area contributed by atoms with Gasteiger partial charge < -0.3 is 5.32 Å². The van der Waals surface area contributed by atoms with Crippen molar-refractivity contribution < 1.29 is 4.39 Å². The van der Waals surface area contributed by atoms with Crippen molar-refractivity contribution in [3.8, 4) is 17.2 Å². The van der Waals surface area contributed by atoms with E-state index in [4.69, 9.17) is 5.26 Å². The Morgan fingerprint density at radius 3 is 2.75 bits per heavy atom. The van der Waals surface area contributed by atoms with Crippen molar-refractivity contribution in [3.05, 3.63) is 59.4 Å². The van der Waals surface area contributed by atoms with Crippen LogP contribution in [-0.2, 0) is 0 Å². The monoisotopic (exact) mass is 268 g/mol. The predicted molar refractivity (Wildman–Crippen MR) is 78.6 cm³/mol. The fraction of sp³-hybridized carbons (Fsp3) is 0.235. The van der Waals surface area contributed by atoms with Gasteiger partial charge in [-0.15, -0.1) is 0 Å².